The third-order valence-electron chi connectivity index (χ3n) is 2.61. The molecule has 2 heterocycles. The first kappa shape index (κ1) is 13.0. The summed E-state index contributed by atoms with van der Waals surface area (Å²) in [6, 6.07) is 3.08. The van der Waals surface area contributed by atoms with Gasteiger partial charge >= 0.3 is 5.97 Å². The fraction of sp³-hybridized carbons (Fsp3) is 0.364. The second-order valence-electron chi connectivity index (χ2n) is 4.23. The molecule has 7 heteroatoms. The summed E-state index contributed by atoms with van der Waals surface area (Å²) in [6.45, 7) is 3.71. The summed E-state index contributed by atoms with van der Waals surface area (Å²) in [5, 5.41) is 18.1. The highest BCUT2D eigenvalue weighted by atomic mass is 32.1. The van der Waals surface area contributed by atoms with Crippen LogP contribution in [0.3, 0.4) is 0 Å². The van der Waals surface area contributed by atoms with E-state index < -0.39 is 12.0 Å². The fourth-order valence-electron chi connectivity index (χ4n) is 1.84. The van der Waals surface area contributed by atoms with Gasteiger partial charge in [-0.05, 0) is 29.6 Å². The monoisotopic (exact) mass is 283 g/mol. The number of aromatic nitrogens is 3. The topological polar surface area (TPSA) is 70.9 Å². The van der Waals surface area contributed by atoms with Crippen LogP contribution in [0.15, 0.2) is 17.5 Å². The van der Waals surface area contributed by atoms with Crippen molar-refractivity contribution in [3.8, 4) is 10.7 Å². The predicted octanol–water partition coefficient (Wildman–Crippen LogP) is 2.95. The van der Waals surface area contributed by atoms with Gasteiger partial charge in [0.05, 0.1) is 4.88 Å². The summed E-state index contributed by atoms with van der Waals surface area (Å²) in [4.78, 5) is 12.3. The Morgan fingerprint density at radius 1 is 1.61 bits per heavy atom. The lowest BCUT2D eigenvalue weighted by Crippen LogP contribution is -2.25. The molecule has 0 amide bonds. The Morgan fingerprint density at radius 2 is 2.33 bits per heavy atom. The lowest BCUT2D eigenvalue weighted by Gasteiger charge is -2.18. The summed E-state index contributed by atoms with van der Waals surface area (Å²) in [5.41, 5.74) is 0. The number of hydrogen-bond acceptors (Lipinski definition) is 4. The number of nitrogens with one attached hydrogen (secondary N) is 1. The summed E-state index contributed by atoms with van der Waals surface area (Å²) < 4.78 is 1.91. The second kappa shape index (κ2) is 5.03. The number of nitrogens with zero attached hydrogens (tertiary/aromatic N) is 2. The number of hydrogen-bond donors (Lipinski definition) is 2. The quantitative estimate of drug-likeness (QED) is 0.846. The Bertz CT molecular complexity index is 598. The van der Waals surface area contributed by atoms with Crippen molar-refractivity contribution in [2.75, 3.05) is 0 Å². The maximum Gasteiger partial charge on any atom is 0.327 e. The van der Waals surface area contributed by atoms with Gasteiger partial charge < -0.3 is 5.11 Å². The van der Waals surface area contributed by atoms with E-state index in [-0.39, 0.29) is 5.92 Å². The lowest BCUT2D eigenvalue weighted by atomic mass is 10.0. The standard InChI is InChI=1S/C11H13N3O2S2/c1-6(2)8(10(15)16)14-9(12-13-11(14)17)7-4-3-5-18-7/h3-6,8H,1-2H3,(H,13,17)(H,15,16)/t8-/m0/s1. The molecular formula is C11H13N3O2S2. The Hall–Kier alpha value is -1.47. The Morgan fingerprint density at radius 3 is 2.83 bits per heavy atom. The average Bonchev–Trinajstić information content (AvgIpc) is 2.88. The van der Waals surface area contributed by atoms with Crippen LogP contribution < -0.4 is 0 Å². The summed E-state index contributed by atoms with van der Waals surface area (Å²) >= 11 is 6.65. The molecule has 96 valence electrons. The highest BCUT2D eigenvalue weighted by Crippen LogP contribution is 2.28. The van der Waals surface area contributed by atoms with Gasteiger partial charge in [0.25, 0.3) is 0 Å². The van der Waals surface area contributed by atoms with Gasteiger partial charge in [-0.25, -0.2) is 4.79 Å². The van der Waals surface area contributed by atoms with Crippen LogP contribution in [0.25, 0.3) is 10.7 Å². The molecule has 0 fully saturated rings. The fourth-order valence-corrected chi connectivity index (χ4v) is 2.79. The smallest absolute Gasteiger partial charge is 0.327 e. The molecule has 2 rings (SSSR count). The van der Waals surface area contributed by atoms with E-state index >= 15 is 0 Å². The van der Waals surface area contributed by atoms with Crippen LogP contribution in [-0.2, 0) is 4.79 Å². The van der Waals surface area contributed by atoms with Gasteiger partial charge in [0.15, 0.2) is 10.6 Å². The van der Waals surface area contributed by atoms with Gasteiger partial charge in [0.2, 0.25) is 0 Å². The normalized spacial score (nSPS) is 12.8. The Kier molecular flexibility index (Phi) is 3.63. The van der Waals surface area contributed by atoms with Crippen molar-refractivity contribution in [1.29, 1.82) is 0 Å². The van der Waals surface area contributed by atoms with E-state index in [9.17, 15) is 9.90 Å². The third-order valence-corrected chi connectivity index (χ3v) is 3.76. The Balaban J connectivity index is 2.60. The maximum absolute atomic E-state index is 11.4. The molecule has 0 aliphatic heterocycles. The first-order chi connectivity index (χ1) is 8.52. The molecule has 5 nitrogen and oxygen atoms in total. The number of rotatable bonds is 4. The van der Waals surface area contributed by atoms with Crippen LogP contribution in [0, 0.1) is 10.7 Å². The molecule has 0 saturated heterocycles. The van der Waals surface area contributed by atoms with Crippen LogP contribution in [0.2, 0.25) is 0 Å². The van der Waals surface area contributed by atoms with Gasteiger partial charge in [0.1, 0.15) is 6.04 Å². The van der Waals surface area contributed by atoms with Crippen molar-refractivity contribution >= 4 is 29.5 Å². The minimum atomic E-state index is -0.902. The van der Waals surface area contributed by atoms with Crippen LogP contribution in [0.4, 0.5) is 0 Å². The van der Waals surface area contributed by atoms with Crippen LogP contribution in [-0.4, -0.2) is 25.8 Å². The molecule has 0 bridgehead atoms. The molecule has 2 aromatic heterocycles. The molecule has 0 aromatic carbocycles. The molecular weight excluding hydrogens is 270 g/mol. The van der Waals surface area contributed by atoms with Gasteiger partial charge in [-0.2, -0.15) is 5.10 Å². The maximum atomic E-state index is 11.4. The summed E-state index contributed by atoms with van der Waals surface area (Å²) in [7, 11) is 0. The minimum Gasteiger partial charge on any atom is -0.480 e. The zero-order valence-corrected chi connectivity index (χ0v) is 11.6. The van der Waals surface area contributed by atoms with E-state index in [2.05, 4.69) is 10.2 Å². The number of thiophene rings is 1. The molecule has 2 N–H and O–H groups in total. The van der Waals surface area contributed by atoms with Gasteiger partial charge in [-0.3, -0.25) is 9.67 Å². The number of carboxylic acid groups (broad SMARTS) is 1. The zero-order chi connectivity index (χ0) is 13.3. The molecule has 1 atom stereocenters. The third kappa shape index (κ3) is 2.23. The number of H-pyrrole nitrogens is 1. The van der Waals surface area contributed by atoms with Crippen LogP contribution in [0.1, 0.15) is 19.9 Å². The SMILES string of the molecule is CC(C)[C@@H](C(=O)O)n1c(-c2cccs2)n[nH]c1=S. The summed E-state index contributed by atoms with van der Waals surface area (Å²) in [5.74, 6) is -0.401. The molecule has 0 unspecified atom stereocenters. The number of aliphatic carboxylic acids is 1. The predicted molar refractivity (Wildman–Crippen MR) is 72.2 cm³/mol. The van der Waals surface area contributed by atoms with E-state index in [0.717, 1.165) is 4.88 Å². The average molecular weight is 283 g/mol. The lowest BCUT2D eigenvalue weighted by molar-refractivity contribution is -0.142. The van der Waals surface area contributed by atoms with Gasteiger partial charge in [-0.15, -0.1) is 11.3 Å². The number of carbonyl (C=O) groups is 1. The minimum absolute atomic E-state index is 0.0782. The molecule has 18 heavy (non-hydrogen) atoms. The highest BCUT2D eigenvalue weighted by molar-refractivity contribution is 7.71. The molecule has 0 radical (unpaired) electrons. The van der Waals surface area contributed by atoms with Crippen molar-refractivity contribution in [3.63, 3.8) is 0 Å². The first-order valence-corrected chi connectivity index (χ1v) is 6.74. The van der Waals surface area contributed by atoms with Crippen molar-refractivity contribution in [2.24, 2.45) is 5.92 Å². The van der Waals surface area contributed by atoms with Crippen LogP contribution in [0.5, 0.6) is 0 Å². The van der Waals surface area contributed by atoms with E-state index in [0.29, 0.717) is 10.6 Å². The zero-order valence-electron chi connectivity index (χ0n) is 9.95. The van der Waals surface area contributed by atoms with Crippen molar-refractivity contribution in [2.45, 2.75) is 19.9 Å². The Labute approximate surface area is 113 Å². The number of aromatic amines is 1. The number of carboxylic acids is 1. The van der Waals surface area contributed by atoms with Crippen molar-refractivity contribution < 1.29 is 9.90 Å². The van der Waals surface area contributed by atoms with E-state index in [1.165, 1.54) is 11.3 Å². The molecule has 0 aliphatic carbocycles. The summed E-state index contributed by atoms with van der Waals surface area (Å²) in [6.07, 6.45) is 0. The molecule has 0 spiro atoms. The van der Waals surface area contributed by atoms with Crippen LogP contribution >= 0.6 is 23.6 Å². The molecule has 0 saturated carbocycles. The first-order valence-electron chi connectivity index (χ1n) is 5.46. The van der Waals surface area contributed by atoms with E-state index in [4.69, 9.17) is 12.2 Å². The van der Waals surface area contributed by atoms with Crippen molar-refractivity contribution in [1.82, 2.24) is 14.8 Å². The molecule has 2 aromatic rings. The largest absolute Gasteiger partial charge is 0.480 e. The molecule has 0 aliphatic rings. The van der Waals surface area contributed by atoms with E-state index in [1.807, 2.05) is 31.4 Å². The van der Waals surface area contributed by atoms with Crippen molar-refractivity contribution in [3.05, 3.63) is 22.3 Å². The second-order valence-corrected chi connectivity index (χ2v) is 5.56. The van der Waals surface area contributed by atoms with Gasteiger partial charge in [-0.1, -0.05) is 19.9 Å². The van der Waals surface area contributed by atoms with Gasteiger partial charge in [0, 0.05) is 0 Å². The van der Waals surface area contributed by atoms with E-state index in [1.54, 1.807) is 4.57 Å². The highest BCUT2D eigenvalue weighted by Gasteiger charge is 2.27.